The van der Waals surface area contributed by atoms with Crippen molar-refractivity contribution in [3.63, 3.8) is 0 Å². The van der Waals surface area contributed by atoms with Crippen LogP contribution in [0.2, 0.25) is 0 Å². The zero-order valence-corrected chi connectivity index (χ0v) is 11.7. The molecule has 1 aliphatic heterocycles. The summed E-state index contributed by atoms with van der Waals surface area (Å²) in [5, 5.41) is 9.43. The van der Waals surface area contributed by atoms with Crippen LogP contribution in [0.25, 0.3) is 0 Å². The van der Waals surface area contributed by atoms with Crippen molar-refractivity contribution in [1.82, 2.24) is 4.90 Å². The molecule has 6 heteroatoms. The molecule has 0 aromatic heterocycles. The molecule has 6 nitrogen and oxygen atoms in total. The van der Waals surface area contributed by atoms with Gasteiger partial charge in [0.25, 0.3) is 0 Å². The van der Waals surface area contributed by atoms with Gasteiger partial charge < -0.3 is 20.5 Å². The number of amides is 1. The number of nitrogens with zero attached hydrogens (tertiary/aromatic N) is 1. The van der Waals surface area contributed by atoms with Crippen molar-refractivity contribution in [2.24, 2.45) is 11.1 Å². The van der Waals surface area contributed by atoms with E-state index in [1.54, 1.807) is 20.8 Å². The third-order valence-electron chi connectivity index (χ3n) is 3.90. The van der Waals surface area contributed by atoms with Crippen LogP contribution in [0, 0.1) is 5.41 Å². The molecule has 2 unspecified atom stereocenters. The normalized spacial score (nSPS) is 34.2. The fourth-order valence-corrected chi connectivity index (χ4v) is 3.12. The molecular weight excluding hydrogens is 248 g/mol. The van der Waals surface area contributed by atoms with Crippen molar-refractivity contribution in [1.29, 1.82) is 0 Å². The molecule has 0 aromatic rings. The lowest BCUT2D eigenvalue weighted by molar-refractivity contribution is -0.151. The summed E-state index contributed by atoms with van der Waals surface area (Å²) < 4.78 is 5.31. The van der Waals surface area contributed by atoms with E-state index >= 15 is 0 Å². The summed E-state index contributed by atoms with van der Waals surface area (Å²) in [5.41, 5.74) is 4.12. The number of carboxylic acids is 1. The van der Waals surface area contributed by atoms with Crippen LogP contribution in [0.15, 0.2) is 0 Å². The molecular formula is C13H22N2O4. The molecule has 2 atom stereocenters. The molecule has 0 spiro atoms. The Hall–Kier alpha value is -1.30. The van der Waals surface area contributed by atoms with Gasteiger partial charge in [0.15, 0.2) is 0 Å². The lowest BCUT2D eigenvalue weighted by Gasteiger charge is -2.42. The highest BCUT2D eigenvalue weighted by molar-refractivity contribution is 5.78. The second-order valence-corrected chi connectivity index (χ2v) is 6.96. The second-order valence-electron chi connectivity index (χ2n) is 6.96. The van der Waals surface area contributed by atoms with Crippen LogP contribution in [0.1, 0.15) is 40.0 Å². The molecule has 19 heavy (non-hydrogen) atoms. The number of aliphatic carboxylic acids is 1. The molecule has 2 aliphatic rings. The van der Waals surface area contributed by atoms with Gasteiger partial charge in [0.2, 0.25) is 0 Å². The molecule has 2 bridgehead atoms. The number of hydrogen-bond acceptors (Lipinski definition) is 4. The maximum atomic E-state index is 12.1. The Morgan fingerprint density at radius 2 is 1.89 bits per heavy atom. The molecule has 1 saturated heterocycles. The van der Waals surface area contributed by atoms with E-state index in [0.717, 1.165) is 0 Å². The van der Waals surface area contributed by atoms with Crippen LogP contribution in [-0.2, 0) is 9.53 Å². The van der Waals surface area contributed by atoms with Gasteiger partial charge in [0.1, 0.15) is 5.60 Å². The Kier molecular flexibility index (Phi) is 3.04. The van der Waals surface area contributed by atoms with E-state index in [9.17, 15) is 14.7 Å². The number of piperidine rings is 1. The van der Waals surface area contributed by atoms with E-state index in [1.807, 2.05) is 0 Å². The Bertz CT molecular complexity index is 417. The third-order valence-corrected chi connectivity index (χ3v) is 3.90. The van der Waals surface area contributed by atoms with Crippen LogP contribution in [0.3, 0.4) is 0 Å². The molecule has 2 rings (SSSR count). The number of carbonyl (C=O) groups excluding carboxylic acids is 1. The van der Waals surface area contributed by atoms with Gasteiger partial charge in [0.05, 0.1) is 5.41 Å². The SMILES string of the molecule is CC(C)(C)OC(=O)N1CC2(N)CCC(C(=O)O)(C1)C2. The summed E-state index contributed by atoms with van der Waals surface area (Å²) in [6.07, 6.45) is 1.13. The van der Waals surface area contributed by atoms with Gasteiger partial charge in [0, 0.05) is 18.6 Å². The average Bonchev–Trinajstić information content (AvgIpc) is 2.47. The van der Waals surface area contributed by atoms with Crippen molar-refractivity contribution in [2.45, 2.75) is 51.2 Å². The van der Waals surface area contributed by atoms with Crippen molar-refractivity contribution in [3.05, 3.63) is 0 Å². The first-order valence-corrected chi connectivity index (χ1v) is 6.56. The number of nitrogens with two attached hydrogens (primary N) is 1. The van der Waals surface area contributed by atoms with E-state index < -0.39 is 28.6 Å². The third kappa shape index (κ3) is 2.68. The number of carbonyl (C=O) groups is 2. The van der Waals surface area contributed by atoms with Crippen molar-refractivity contribution >= 4 is 12.1 Å². The molecule has 0 aromatic carbocycles. The predicted octanol–water partition coefficient (Wildman–Crippen LogP) is 1.19. The highest BCUT2D eigenvalue weighted by Crippen LogP contribution is 2.48. The second kappa shape index (κ2) is 4.10. The van der Waals surface area contributed by atoms with Gasteiger partial charge in [-0.15, -0.1) is 0 Å². The Labute approximate surface area is 112 Å². The largest absolute Gasteiger partial charge is 0.481 e. The molecule has 0 radical (unpaired) electrons. The number of rotatable bonds is 1. The minimum atomic E-state index is -0.899. The standard InChI is InChI=1S/C13H22N2O4/c1-11(2,3)19-10(18)15-7-12(9(16)17)4-5-13(14,6-12)8-15/h4-8,14H2,1-3H3,(H,16,17). The van der Waals surface area contributed by atoms with E-state index in [-0.39, 0.29) is 6.54 Å². The molecule has 1 saturated carbocycles. The summed E-state index contributed by atoms with van der Waals surface area (Å²) in [6.45, 7) is 5.92. The average molecular weight is 270 g/mol. The topological polar surface area (TPSA) is 92.9 Å². The van der Waals surface area contributed by atoms with Gasteiger partial charge in [-0.1, -0.05) is 0 Å². The molecule has 1 amide bonds. The quantitative estimate of drug-likeness (QED) is 0.746. The Morgan fingerprint density at radius 1 is 1.26 bits per heavy atom. The lowest BCUT2D eigenvalue weighted by Crippen LogP contribution is -2.59. The number of hydrogen-bond donors (Lipinski definition) is 2. The smallest absolute Gasteiger partial charge is 0.410 e. The fraction of sp³-hybridized carbons (Fsp3) is 0.846. The van der Waals surface area contributed by atoms with E-state index in [2.05, 4.69) is 0 Å². The van der Waals surface area contributed by atoms with Gasteiger partial charge in [-0.25, -0.2) is 4.79 Å². The maximum absolute atomic E-state index is 12.1. The van der Waals surface area contributed by atoms with E-state index in [0.29, 0.717) is 25.8 Å². The van der Waals surface area contributed by atoms with Gasteiger partial charge in [-0.3, -0.25) is 4.79 Å². The van der Waals surface area contributed by atoms with Crippen LogP contribution in [-0.4, -0.2) is 46.3 Å². The first kappa shape index (κ1) is 14.1. The summed E-state index contributed by atoms with van der Waals surface area (Å²) in [5.74, 6) is -0.868. The number of ether oxygens (including phenoxy) is 1. The van der Waals surface area contributed by atoms with Gasteiger partial charge in [-0.2, -0.15) is 0 Å². The highest BCUT2D eigenvalue weighted by atomic mass is 16.6. The monoisotopic (exact) mass is 270 g/mol. The van der Waals surface area contributed by atoms with E-state index in [4.69, 9.17) is 10.5 Å². The van der Waals surface area contributed by atoms with Crippen molar-refractivity contribution in [2.75, 3.05) is 13.1 Å². The predicted molar refractivity (Wildman–Crippen MR) is 68.6 cm³/mol. The van der Waals surface area contributed by atoms with Gasteiger partial charge in [-0.05, 0) is 40.0 Å². The van der Waals surface area contributed by atoms with E-state index in [1.165, 1.54) is 4.90 Å². The minimum absolute atomic E-state index is 0.191. The zero-order valence-electron chi connectivity index (χ0n) is 11.7. The van der Waals surface area contributed by atoms with Crippen LogP contribution in [0.4, 0.5) is 4.79 Å². The van der Waals surface area contributed by atoms with Crippen LogP contribution >= 0.6 is 0 Å². The molecule has 2 fully saturated rings. The summed E-state index contributed by atoms with van der Waals surface area (Å²) >= 11 is 0. The first-order valence-electron chi connectivity index (χ1n) is 6.56. The van der Waals surface area contributed by atoms with Crippen LogP contribution < -0.4 is 5.73 Å². The highest BCUT2D eigenvalue weighted by Gasteiger charge is 2.57. The molecule has 1 heterocycles. The molecule has 1 aliphatic carbocycles. The Morgan fingerprint density at radius 3 is 2.42 bits per heavy atom. The van der Waals surface area contributed by atoms with Crippen LogP contribution in [0.5, 0.6) is 0 Å². The first-order chi connectivity index (χ1) is 8.55. The molecule has 3 N–H and O–H groups in total. The summed E-state index contributed by atoms with van der Waals surface area (Å²) in [6, 6.07) is 0. The molecule has 108 valence electrons. The minimum Gasteiger partial charge on any atom is -0.481 e. The summed E-state index contributed by atoms with van der Waals surface area (Å²) in [4.78, 5) is 25.0. The zero-order chi connectivity index (χ0) is 14.5. The lowest BCUT2D eigenvalue weighted by atomic mass is 9.80. The Balaban J connectivity index is 2.17. The van der Waals surface area contributed by atoms with Crippen molar-refractivity contribution < 1.29 is 19.4 Å². The number of fused-ring (bicyclic) bond motifs is 2. The number of likely N-dealkylation sites (tertiary alicyclic amines) is 1. The van der Waals surface area contributed by atoms with Gasteiger partial charge >= 0.3 is 12.1 Å². The number of carboxylic acid groups (broad SMARTS) is 1. The maximum Gasteiger partial charge on any atom is 0.410 e. The fourth-order valence-electron chi connectivity index (χ4n) is 3.12. The summed E-state index contributed by atoms with van der Waals surface area (Å²) in [7, 11) is 0. The van der Waals surface area contributed by atoms with Crippen molar-refractivity contribution in [3.8, 4) is 0 Å².